The molecule has 1 aliphatic heterocycles. The number of esters is 1. The molecule has 0 spiro atoms. The molecule has 2 aromatic carbocycles. The van der Waals surface area contributed by atoms with Crippen LogP contribution >= 0.6 is 0 Å². The summed E-state index contributed by atoms with van der Waals surface area (Å²) in [5.74, 6) is 0.841. The van der Waals surface area contributed by atoms with Crippen molar-refractivity contribution in [3.8, 4) is 11.5 Å². The lowest BCUT2D eigenvalue weighted by Gasteiger charge is -2.31. The first-order valence-electron chi connectivity index (χ1n) is 9.46. The second-order valence-electron chi connectivity index (χ2n) is 6.86. The van der Waals surface area contributed by atoms with Crippen LogP contribution in [0.2, 0.25) is 0 Å². The molecule has 29 heavy (non-hydrogen) atoms. The molecule has 7 heteroatoms. The highest BCUT2D eigenvalue weighted by Crippen LogP contribution is 2.33. The average Bonchev–Trinajstić information content (AvgIpc) is 2.77. The van der Waals surface area contributed by atoms with Crippen molar-refractivity contribution in [2.75, 3.05) is 27.9 Å². The topological polar surface area (TPSA) is 77.1 Å². The number of fused-ring (bicyclic) bond motifs is 1. The first-order valence-corrected chi connectivity index (χ1v) is 9.46. The quantitative estimate of drug-likeness (QED) is 0.757. The Labute approximate surface area is 170 Å². The molecular weight excluding hydrogens is 372 g/mol. The van der Waals surface area contributed by atoms with Crippen molar-refractivity contribution < 1.29 is 23.8 Å². The zero-order chi connectivity index (χ0) is 20.8. The molecular formula is C22H26N2O5. The van der Waals surface area contributed by atoms with Crippen molar-refractivity contribution in [1.82, 2.24) is 10.2 Å². The van der Waals surface area contributed by atoms with E-state index in [9.17, 15) is 9.59 Å². The standard InChI is InChI=1S/C22H26N2O5/c1-27-19-12-16-9-10-24(14-17(16)13-20(19)28-2)22(26)23-18(21(25)29-3)11-15-7-5-4-6-8-15/h4-8,12-13,18H,9-11,14H2,1-3H3,(H,23,26)/t18-/m1/s1. The molecule has 154 valence electrons. The van der Waals surface area contributed by atoms with Gasteiger partial charge in [0.05, 0.1) is 21.3 Å². The molecule has 0 saturated carbocycles. The van der Waals surface area contributed by atoms with E-state index < -0.39 is 12.0 Å². The minimum Gasteiger partial charge on any atom is -0.493 e. The number of amides is 2. The van der Waals surface area contributed by atoms with Crippen molar-refractivity contribution >= 4 is 12.0 Å². The van der Waals surface area contributed by atoms with Crippen LogP contribution < -0.4 is 14.8 Å². The smallest absolute Gasteiger partial charge is 0.328 e. The van der Waals surface area contributed by atoms with Gasteiger partial charge in [0.15, 0.2) is 11.5 Å². The predicted octanol–water partition coefficient (Wildman–Crippen LogP) is 2.56. The number of carbonyl (C=O) groups is 2. The molecule has 0 radical (unpaired) electrons. The van der Waals surface area contributed by atoms with E-state index in [0.717, 1.165) is 16.7 Å². The number of hydrogen-bond donors (Lipinski definition) is 1. The van der Waals surface area contributed by atoms with E-state index in [-0.39, 0.29) is 6.03 Å². The van der Waals surface area contributed by atoms with Gasteiger partial charge in [-0.15, -0.1) is 0 Å². The first-order chi connectivity index (χ1) is 14.0. The number of benzene rings is 2. The van der Waals surface area contributed by atoms with Gasteiger partial charge in [-0.3, -0.25) is 0 Å². The van der Waals surface area contributed by atoms with Crippen LogP contribution in [-0.4, -0.2) is 50.8 Å². The molecule has 1 heterocycles. The molecule has 0 fully saturated rings. The second-order valence-corrected chi connectivity index (χ2v) is 6.86. The van der Waals surface area contributed by atoms with Crippen molar-refractivity contribution in [3.05, 3.63) is 59.2 Å². The Morgan fingerprint density at radius 1 is 1.03 bits per heavy atom. The Morgan fingerprint density at radius 2 is 1.69 bits per heavy atom. The Hall–Kier alpha value is -3.22. The largest absolute Gasteiger partial charge is 0.493 e. The fraction of sp³-hybridized carbons (Fsp3) is 0.364. The molecule has 2 amide bonds. The molecule has 0 aromatic heterocycles. The van der Waals surface area contributed by atoms with E-state index >= 15 is 0 Å². The van der Waals surface area contributed by atoms with E-state index in [0.29, 0.717) is 37.4 Å². The van der Waals surface area contributed by atoms with Crippen molar-refractivity contribution in [2.24, 2.45) is 0 Å². The summed E-state index contributed by atoms with van der Waals surface area (Å²) >= 11 is 0. The minimum atomic E-state index is -0.748. The third-order valence-electron chi connectivity index (χ3n) is 5.07. The van der Waals surface area contributed by atoms with Gasteiger partial charge in [-0.1, -0.05) is 30.3 Å². The van der Waals surface area contributed by atoms with Gasteiger partial charge in [0.2, 0.25) is 0 Å². The van der Waals surface area contributed by atoms with Crippen LogP contribution in [0.3, 0.4) is 0 Å². The second kappa shape index (κ2) is 9.32. The van der Waals surface area contributed by atoms with Crippen LogP contribution in [0, 0.1) is 0 Å². The van der Waals surface area contributed by atoms with Crippen molar-refractivity contribution in [3.63, 3.8) is 0 Å². The molecule has 1 atom stereocenters. The normalized spacial score (nSPS) is 13.8. The summed E-state index contributed by atoms with van der Waals surface area (Å²) in [6, 6.07) is 12.3. The summed E-state index contributed by atoms with van der Waals surface area (Å²) in [6.45, 7) is 0.980. The number of methoxy groups -OCH3 is 3. The monoisotopic (exact) mass is 398 g/mol. The zero-order valence-corrected chi connectivity index (χ0v) is 16.9. The number of carbonyl (C=O) groups excluding carboxylic acids is 2. The summed E-state index contributed by atoms with van der Waals surface area (Å²) in [4.78, 5) is 26.7. The van der Waals surface area contributed by atoms with Gasteiger partial charge in [-0.05, 0) is 35.2 Å². The number of nitrogens with one attached hydrogen (secondary N) is 1. The number of urea groups is 1. The maximum atomic E-state index is 12.9. The maximum Gasteiger partial charge on any atom is 0.328 e. The van der Waals surface area contributed by atoms with Gasteiger partial charge in [0, 0.05) is 19.5 Å². The summed E-state index contributed by atoms with van der Waals surface area (Å²) < 4.78 is 15.6. The molecule has 7 nitrogen and oxygen atoms in total. The third kappa shape index (κ3) is 4.80. The van der Waals surface area contributed by atoms with Gasteiger partial charge in [-0.25, -0.2) is 9.59 Å². The highest BCUT2D eigenvalue weighted by atomic mass is 16.5. The highest BCUT2D eigenvalue weighted by Gasteiger charge is 2.27. The Bertz CT molecular complexity index is 869. The van der Waals surface area contributed by atoms with Gasteiger partial charge in [-0.2, -0.15) is 0 Å². The van der Waals surface area contributed by atoms with Crippen molar-refractivity contribution in [1.29, 1.82) is 0 Å². The van der Waals surface area contributed by atoms with Crippen LogP contribution in [0.1, 0.15) is 16.7 Å². The average molecular weight is 398 g/mol. The fourth-order valence-corrected chi connectivity index (χ4v) is 3.48. The van der Waals surface area contributed by atoms with E-state index in [1.165, 1.54) is 7.11 Å². The predicted molar refractivity (Wildman–Crippen MR) is 108 cm³/mol. The zero-order valence-electron chi connectivity index (χ0n) is 16.9. The number of ether oxygens (including phenoxy) is 3. The summed E-state index contributed by atoms with van der Waals surface area (Å²) in [7, 11) is 4.51. The number of hydrogen-bond acceptors (Lipinski definition) is 5. The van der Waals surface area contributed by atoms with Crippen LogP contribution in [0.5, 0.6) is 11.5 Å². The fourth-order valence-electron chi connectivity index (χ4n) is 3.48. The van der Waals surface area contributed by atoms with E-state index in [1.54, 1.807) is 19.1 Å². The number of nitrogens with zero attached hydrogens (tertiary/aromatic N) is 1. The lowest BCUT2D eigenvalue weighted by molar-refractivity contribution is -0.142. The molecule has 0 saturated heterocycles. The maximum absolute atomic E-state index is 12.9. The lowest BCUT2D eigenvalue weighted by atomic mass is 9.99. The Balaban J connectivity index is 1.72. The van der Waals surface area contributed by atoms with E-state index in [1.807, 2.05) is 42.5 Å². The highest BCUT2D eigenvalue weighted by molar-refractivity contribution is 5.84. The Morgan fingerprint density at radius 3 is 2.31 bits per heavy atom. The van der Waals surface area contributed by atoms with Crippen LogP contribution in [0.4, 0.5) is 4.79 Å². The molecule has 0 bridgehead atoms. The first kappa shape index (κ1) is 20.5. The van der Waals surface area contributed by atoms with Gasteiger partial charge in [0.25, 0.3) is 0 Å². The van der Waals surface area contributed by atoms with Gasteiger partial charge >= 0.3 is 12.0 Å². The van der Waals surface area contributed by atoms with Crippen LogP contribution in [0.25, 0.3) is 0 Å². The summed E-state index contributed by atoms with van der Waals surface area (Å²) in [5.41, 5.74) is 3.08. The molecule has 1 N–H and O–H groups in total. The molecule has 0 unspecified atom stereocenters. The number of rotatable bonds is 6. The SMILES string of the molecule is COC(=O)[C@@H](Cc1ccccc1)NC(=O)N1CCc2cc(OC)c(OC)cc2C1. The Kier molecular flexibility index (Phi) is 6.59. The van der Waals surface area contributed by atoms with E-state index in [2.05, 4.69) is 5.32 Å². The third-order valence-corrected chi connectivity index (χ3v) is 5.07. The molecule has 2 aromatic rings. The van der Waals surface area contributed by atoms with Crippen molar-refractivity contribution in [2.45, 2.75) is 25.4 Å². The lowest BCUT2D eigenvalue weighted by Crippen LogP contribution is -2.50. The van der Waals surface area contributed by atoms with E-state index in [4.69, 9.17) is 14.2 Å². The van der Waals surface area contributed by atoms with Crippen LogP contribution in [-0.2, 0) is 28.9 Å². The van der Waals surface area contributed by atoms with Crippen LogP contribution in [0.15, 0.2) is 42.5 Å². The minimum absolute atomic E-state index is 0.295. The molecule has 0 aliphatic carbocycles. The molecule has 1 aliphatic rings. The van der Waals surface area contributed by atoms with Gasteiger partial charge < -0.3 is 24.4 Å². The summed E-state index contributed by atoms with van der Waals surface area (Å²) in [6.07, 6.45) is 1.07. The summed E-state index contributed by atoms with van der Waals surface area (Å²) in [5, 5.41) is 2.82. The van der Waals surface area contributed by atoms with Gasteiger partial charge in [0.1, 0.15) is 6.04 Å². The molecule has 3 rings (SSSR count).